The summed E-state index contributed by atoms with van der Waals surface area (Å²) in [5.41, 5.74) is 0.944. The van der Waals surface area contributed by atoms with Gasteiger partial charge in [-0.05, 0) is 52.3 Å². The van der Waals surface area contributed by atoms with E-state index in [1.807, 2.05) is 52.8 Å². The van der Waals surface area contributed by atoms with E-state index < -0.39 is 0 Å². The predicted octanol–water partition coefficient (Wildman–Crippen LogP) is 3.26. The van der Waals surface area contributed by atoms with Gasteiger partial charge in [0.2, 0.25) is 11.8 Å². The minimum atomic E-state index is -0.161. The second kappa shape index (κ2) is 12.5. The van der Waals surface area contributed by atoms with Crippen LogP contribution in [0.3, 0.4) is 0 Å². The van der Waals surface area contributed by atoms with Crippen LogP contribution in [0.5, 0.6) is 11.5 Å². The third-order valence-corrected chi connectivity index (χ3v) is 4.94. The molecule has 0 heterocycles. The molecule has 0 fully saturated rings. The molecule has 0 aromatic heterocycles. The highest BCUT2D eigenvalue weighted by atomic mass is 32.2. The molecule has 0 unspecified atom stereocenters. The Morgan fingerprint density at radius 3 is 2.26 bits per heavy atom. The molecule has 0 saturated carbocycles. The van der Waals surface area contributed by atoms with Crippen molar-refractivity contribution in [2.75, 3.05) is 37.8 Å². The monoisotopic (exact) mass is 396 g/mol. The van der Waals surface area contributed by atoms with Crippen molar-refractivity contribution in [2.45, 2.75) is 40.7 Å². The van der Waals surface area contributed by atoms with Gasteiger partial charge >= 0.3 is 0 Å². The molecule has 7 heteroatoms. The Morgan fingerprint density at radius 2 is 1.67 bits per heavy atom. The average molecular weight is 397 g/mol. The van der Waals surface area contributed by atoms with Crippen LogP contribution >= 0.6 is 11.8 Å². The van der Waals surface area contributed by atoms with Crippen LogP contribution in [0.4, 0.5) is 0 Å². The molecule has 0 spiro atoms. The summed E-state index contributed by atoms with van der Waals surface area (Å²) in [4.78, 5) is 25.9. The zero-order valence-electron chi connectivity index (χ0n) is 17.0. The van der Waals surface area contributed by atoms with Gasteiger partial charge in [-0.25, -0.2) is 0 Å². The third kappa shape index (κ3) is 7.71. The summed E-state index contributed by atoms with van der Waals surface area (Å²) in [5.74, 6) is 1.93. The van der Waals surface area contributed by atoms with Gasteiger partial charge in [-0.1, -0.05) is 6.07 Å². The zero-order valence-corrected chi connectivity index (χ0v) is 17.9. The van der Waals surface area contributed by atoms with Gasteiger partial charge < -0.3 is 19.7 Å². The first-order valence-corrected chi connectivity index (χ1v) is 10.7. The Balaban J connectivity index is 2.57. The van der Waals surface area contributed by atoms with Gasteiger partial charge in [-0.3, -0.25) is 9.59 Å². The first-order chi connectivity index (χ1) is 13.0. The number of carbonyl (C=O) groups excluding carboxylic acids is 2. The van der Waals surface area contributed by atoms with Crippen LogP contribution in [0.25, 0.3) is 0 Å². The molecule has 0 radical (unpaired) electrons. The van der Waals surface area contributed by atoms with Crippen LogP contribution in [-0.4, -0.2) is 54.5 Å². The highest BCUT2D eigenvalue weighted by molar-refractivity contribution is 8.00. The number of ether oxygens (including phenoxy) is 2. The van der Waals surface area contributed by atoms with E-state index in [-0.39, 0.29) is 23.6 Å². The van der Waals surface area contributed by atoms with Crippen molar-refractivity contribution in [2.24, 2.45) is 0 Å². The minimum absolute atomic E-state index is 0.0683. The minimum Gasteiger partial charge on any atom is -0.490 e. The maximum atomic E-state index is 12.2. The number of carbonyl (C=O) groups is 2. The van der Waals surface area contributed by atoms with Crippen molar-refractivity contribution in [1.29, 1.82) is 0 Å². The van der Waals surface area contributed by atoms with Crippen LogP contribution in [0.15, 0.2) is 18.2 Å². The Kier molecular flexibility index (Phi) is 10.7. The first kappa shape index (κ1) is 23.1. The van der Waals surface area contributed by atoms with E-state index in [1.165, 1.54) is 11.8 Å². The van der Waals surface area contributed by atoms with Gasteiger partial charge in [0.1, 0.15) is 0 Å². The molecule has 0 aliphatic rings. The number of thioether (sulfide) groups is 1. The Morgan fingerprint density at radius 1 is 1.04 bits per heavy atom. The highest BCUT2D eigenvalue weighted by Gasteiger charge is 2.15. The van der Waals surface area contributed by atoms with E-state index in [2.05, 4.69) is 5.32 Å². The van der Waals surface area contributed by atoms with Crippen molar-refractivity contribution in [1.82, 2.24) is 10.2 Å². The molecule has 27 heavy (non-hydrogen) atoms. The van der Waals surface area contributed by atoms with E-state index in [0.717, 1.165) is 5.56 Å². The normalized spacial score (nSPS) is 11.6. The Labute approximate surface area is 167 Å². The highest BCUT2D eigenvalue weighted by Crippen LogP contribution is 2.30. The van der Waals surface area contributed by atoms with E-state index in [1.54, 1.807) is 4.90 Å². The summed E-state index contributed by atoms with van der Waals surface area (Å²) in [6.07, 6.45) is 0. The van der Waals surface area contributed by atoms with E-state index in [0.29, 0.717) is 43.6 Å². The van der Waals surface area contributed by atoms with Gasteiger partial charge in [0.05, 0.1) is 30.8 Å². The molecule has 152 valence electrons. The number of nitrogens with one attached hydrogen (secondary N) is 1. The molecular weight excluding hydrogens is 364 g/mol. The van der Waals surface area contributed by atoms with E-state index >= 15 is 0 Å². The fourth-order valence-corrected chi connectivity index (χ4v) is 3.33. The first-order valence-electron chi connectivity index (χ1n) is 9.51. The van der Waals surface area contributed by atoms with Crippen molar-refractivity contribution < 1.29 is 19.1 Å². The molecule has 1 rings (SSSR count). The van der Waals surface area contributed by atoms with Crippen LogP contribution in [0.2, 0.25) is 0 Å². The third-order valence-electron chi connectivity index (χ3n) is 4.02. The summed E-state index contributed by atoms with van der Waals surface area (Å²) in [6, 6.07) is 5.53. The van der Waals surface area contributed by atoms with Crippen molar-refractivity contribution in [3.8, 4) is 11.5 Å². The van der Waals surface area contributed by atoms with Crippen molar-refractivity contribution >= 4 is 23.6 Å². The number of nitrogens with zero attached hydrogens (tertiary/aromatic N) is 1. The molecule has 1 aromatic carbocycles. The SMILES string of the molecule is CCOc1ccc([C@H](C)NC(=O)CSCC(=O)N(CC)CC)cc1OCC. The standard InChI is InChI=1S/C20H32N2O4S/c1-6-22(7-2)20(24)14-27-13-19(23)21-15(5)16-10-11-17(25-8-3)18(12-16)26-9-4/h10-12,15H,6-9,13-14H2,1-5H3,(H,21,23)/t15-/m0/s1. The van der Waals surface area contributed by atoms with E-state index in [4.69, 9.17) is 9.47 Å². The number of rotatable bonds is 12. The van der Waals surface area contributed by atoms with Gasteiger partial charge in [-0.2, -0.15) is 0 Å². The average Bonchev–Trinajstić information content (AvgIpc) is 2.64. The summed E-state index contributed by atoms with van der Waals surface area (Å²) < 4.78 is 11.2. The fraction of sp³-hybridized carbons (Fsp3) is 0.600. The van der Waals surface area contributed by atoms with Crippen LogP contribution in [-0.2, 0) is 9.59 Å². The lowest BCUT2D eigenvalue weighted by Crippen LogP contribution is -2.33. The predicted molar refractivity (Wildman–Crippen MR) is 111 cm³/mol. The second-order valence-electron chi connectivity index (χ2n) is 5.92. The molecular formula is C20H32N2O4S. The Hall–Kier alpha value is -1.89. The topological polar surface area (TPSA) is 67.9 Å². The van der Waals surface area contributed by atoms with Crippen LogP contribution < -0.4 is 14.8 Å². The molecule has 6 nitrogen and oxygen atoms in total. The summed E-state index contributed by atoms with van der Waals surface area (Å²) in [7, 11) is 0. The molecule has 0 aliphatic carbocycles. The molecule has 1 N–H and O–H groups in total. The lowest BCUT2D eigenvalue weighted by Gasteiger charge is -2.19. The van der Waals surface area contributed by atoms with Gasteiger partial charge in [-0.15, -0.1) is 11.8 Å². The summed E-state index contributed by atoms with van der Waals surface area (Å²) in [5, 5.41) is 2.97. The fourth-order valence-electron chi connectivity index (χ4n) is 2.60. The lowest BCUT2D eigenvalue weighted by molar-refractivity contribution is -0.127. The molecule has 1 atom stereocenters. The maximum Gasteiger partial charge on any atom is 0.232 e. The maximum absolute atomic E-state index is 12.2. The van der Waals surface area contributed by atoms with Crippen LogP contribution in [0, 0.1) is 0 Å². The molecule has 0 bridgehead atoms. The molecule has 0 saturated heterocycles. The smallest absolute Gasteiger partial charge is 0.232 e. The molecule has 1 aromatic rings. The number of amides is 2. The summed E-state index contributed by atoms with van der Waals surface area (Å²) in [6.45, 7) is 12.2. The molecule has 2 amide bonds. The van der Waals surface area contributed by atoms with Gasteiger partial charge in [0.15, 0.2) is 11.5 Å². The quantitative estimate of drug-likeness (QED) is 0.587. The van der Waals surface area contributed by atoms with Crippen LogP contribution in [0.1, 0.15) is 46.2 Å². The summed E-state index contributed by atoms with van der Waals surface area (Å²) >= 11 is 1.34. The van der Waals surface area contributed by atoms with Gasteiger partial charge in [0.25, 0.3) is 0 Å². The number of hydrogen-bond acceptors (Lipinski definition) is 5. The number of benzene rings is 1. The zero-order chi connectivity index (χ0) is 20.2. The number of hydrogen-bond donors (Lipinski definition) is 1. The lowest BCUT2D eigenvalue weighted by atomic mass is 10.1. The van der Waals surface area contributed by atoms with Crippen molar-refractivity contribution in [3.63, 3.8) is 0 Å². The van der Waals surface area contributed by atoms with Gasteiger partial charge in [0, 0.05) is 13.1 Å². The molecule has 0 aliphatic heterocycles. The largest absolute Gasteiger partial charge is 0.490 e. The van der Waals surface area contributed by atoms with Crippen molar-refractivity contribution in [3.05, 3.63) is 23.8 Å². The Bertz CT molecular complexity index is 606. The second-order valence-corrected chi connectivity index (χ2v) is 6.91. The van der Waals surface area contributed by atoms with E-state index in [9.17, 15) is 9.59 Å².